The Morgan fingerprint density at radius 1 is 1.55 bits per heavy atom. The predicted octanol–water partition coefficient (Wildman–Crippen LogP) is 0.345. The summed E-state index contributed by atoms with van der Waals surface area (Å²) in [5, 5.41) is 15.6. The number of aliphatic hydroxyl groups is 1. The lowest BCUT2D eigenvalue weighted by Gasteiger charge is -2.22. The molecule has 1 unspecified atom stereocenters. The Balaban J connectivity index is 1.58. The predicted molar refractivity (Wildman–Crippen MR) is 72.3 cm³/mol. The van der Waals surface area contributed by atoms with Crippen molar-refractivity contribution in [2.75, 3.05) is 26.2 Å². The Labute approximate surface area is 118 Å². The lowest BCUT2D eigenvalue weighted by molar-refractivity contribution is 0.0939. The summed E-state index contributed by atoms with van der Waals surface area (Å²) in [7, 11) is 0. The van der Waals surface area contributed by atoms with Crippen LogP contribution in [0.15, 0.2) is 4.52 Å². The van der Waals surface area contributed by atoms with E-state index in [2.05, 4.69) is 20.4 Å². The minimum atomic E-state index is -0.295. The molecule has 2 heterocycles. The van der Waals surface area contributed by atoms with Crippen molar-refractivity contribution in [1.29, 1.82) is 0 Å². The van der Waals surface area contributed by atoms with Crippen molar-refractivity contribution in [1.82, 2.24) is 20.4 Å². The fraction of sp³-hybridized carbons (Fsp3) is 0.769. The smallest absolute Gasteiger partial charge is 0.292 e. The van der Waals surface area contributed by atoms with Gasteiger partial charge in [-0.2, -0.15) is 4.98 Å². The first-order valence-corrected chi connectivity index (χ1v) is 7.14. The molecule has 0 bridgehead atoms. The summed E-state index contributed by atoms with van der Waals surface area (Å²) < 4.78 is 4.75. The highest BCUT2D eigenvalue weighted by atomic mass is 16.5. The fourth-order valence-electron chi connectivity index (χ4n) is 2.51. The van der Waals surface area contributed by atoms with Crippen LogP contribution < -0.4 is 5.32 Å². The van der Waals surface area contributed by atoms with Gasteiger partial charge in [-0.25, -0.2) is 0 Å². The van der Waals surface area contributed by atoms with Gasteiger partial charge in [0.2, 0.25) is 5.89 Å². The van der Waals surface area contributed by atoms with E-state index >= 15 is 0 Å². The topological polar surface area (TPSA) is 91.5 Å². The Hall–Kier alpha value is -1.47. The van der Waals surface area contributed by atoms with Crippen LogP contribution in [-0.2, 0) is 0 Å². The van der Waals surface area contributed by atoms with Gasteiger partial charge in [-0.15, -0.1) is 0 Å². The quantitative estimate of drug-likeness (QED) is 0.701. The Kier molecular flexibility index (Phi) is 5.49. The second kappa shape index (κ2) is 7.35. The average Bonchev–Trinajstić information content (AvgIpc) is 3.06. The van der Waals surface area contributed by atoms with E-state index in [-0.39, 0.29) is 18.3 Å². The number of aryl methyl sites for hydroxylation is 1. The van der Waals surface area contributed by atoms with E-state index in [0.29, 0.717) is 18.5 Å². The molecule has 1 atom stereocenters. The van der Waals surface area contributed by atoms with Gasteiger partial charge in [0, 0.05) is 19.5 Å². The molecule has 1 aliphatic heterocycles. The number of nitrogens with one attached hydrogen (secondary N) is 1. The molecule has 2 N–H and O–H groups in total. The monoisotopic (exact) mass is 282 g/mol. The van der Waals surface area contributed by atoms with Crippen LogP contribution in [0, 0.1) is 6.92 Å². The minimum absolute atomic E-state index is 0.0855. The van der Waals surface area contributed by atoms with E-state index < -0.39 is 0 Å². The summed E-state index contributed by atoms with van der Waals surface area (Å²) in [6.45, 7) is 4.54. The van der Waals surface area contributed by atoms with E-state index in [1.54, 1.807) is 6.92 Å². The van der Waals surface area contributed by atoms with Crippen LogP contribution in [0.1, 0.15) is 42.2 Å². The number of rotatable bonds is 7. The molecule has 0 aliphatic carbocycles. The molecule has 0 aromatic carbocycles. The highest BCUT2D eigenvalue weighted by Crippen LogP contribution is 2.16. The average molecular weight is 282 g/mol. The maximum atomic E-state index is 11.6. The molecule has 7 heteroatoms. The highest BCUT2D eigenvalue weighted by molar-refractivity contribution is 5.90. The molecule has 7 nitrogen and oxygen atoms in total. The van der Waals surface area contributed by atoms with Crippen LogP contribution in [0.3, 0.4) is 0 Å². The molecular weight excluding hydrogens is 260 g/mol. The number of amides is 1. The highest BCUT2D eigenvalue weighted by Gasteiger charge is 2.22. The lowest BCUT2D eigenvalue weighted by atomic mass is 10.2. The third-order valence-corrected chi connectivity index (χ3v) is 3.60. The van der Waals surface area contributed by atoms with Crippen LogP contribution in [-0.4, -0.2) is 58.3 Å². The van der Waals surface area contributed by atoms with Gasteiger partial charge < -0.3 is 14.9 Å². The SMILES string of the molecule is Cc1nc(C(=O)NCCCCN2CCCC2CO)no1. The van der Waals surface area contributed by atoms with Crippen molar-refractivity contribution < 1.29 is 14.4 Å². The summed E-state index contributed by atoms with van der Waals surface area (Å²) in [5.74, 6) is 0.179. The summed E-state index contributed by atoms with van der Waals surface area (Å²) in [4.78, 5) is 17.8. The van der Waals surface area contributed by atoms with Crippen molar-refractivity contribution in [3.05, 3.63) is 11.7 Å². The largest absolute Gasteiger partial charge is 0.395 e. The van der Waals surface area contributed by atoms with Crippen molar-refractivity contribution in [2.45, 2.75) is 38.6 Å². The van der Waals surface area contributed by atoms with E-state index in [4.69, 9.17) is 4.52 Å². The van der Waals surface area contributed by atoms with Crippen molar-refractivity contribution in [2.24, 2.45) is 0 Å². The first kappa shape index (κ1) is 14.9. The number of nitrogens with zero attached hydrogens (tertiary/aromatic N) is 3. The van der Waals surface area contributed by atoms with E-state index in [0.717, 1.165) is 32.4 Å². The van der Waals surface area contributed by atoms with Crippen LogP contribution >= 0.6 is 0 Å². The second-order valence-corrected chi connectivity index (χ2v) is 5.11. The number of likely N-dealkylation sites (tertiary alicyclic amines) is 1. The molecule has 1 fully saturated rings. The van der Waals surface area contributed by atoms with E-state index in [1.165, 1.54) is 6.42 Å². The third kappa shape index (κ3) is 4.01. The molecule has 1 amide bonds. The summed E-state index contributed by atoms with van der Waals surface area (Å²) >= 11 is 0. The van der Waals surface area contributed by atoms with Gasteiger partial charge in [-0.3, -0.25) is 9.69 Å². The third-order valence-electron chi connectivity index (χ3n) is 3.60. The first-order valence-electron chi connectivity index (χ1n) is 7.14. The lowest BCUT2D eigenvalue weighted by Crippen LogP contribution is -2.33. The zero-order valence-corrected chi connectivity index (χ0v) is 11.8. The fourth-order valence-corrected chi connectivity index (χ4v) is 2.51. The number of hydrogen-bond donors (Lipinski definition) is 2. The Bertz CT molecular complexity index is 435. The molecule has 0 radical (unpaired) electrons. The van der Waals surface area contributed by atoms with Crippen LogP contribution in [0.5, 0.6) is 0 Å². The van der Waals surface area contributed by atoms with Gasteiger partial charge in [-0.05, 0) is 38.8 Å². The zero-order chi connectivity index (χ0) is 14.4. The van der Waals surface area contributed by atoms with E-state index in [9.17, 15) is 9.90 Å². The second-order valence-electron chi connectivity index (χ2n) is 5.11. The van der Waals surface area contributed by atoms with E-state index in [1.807, 2.05) is 0 Å². The van der Waals surface area contributed by atoms with Crippen LogP contribution in [0.2, 0.25) is 0 Å². The number of hydrogen-bond acceptors (Lipinski definition) is 6. The number of unbranched alkanes of at least 4 members (excludes halogenated alkanes) is 1. The van der Waals surface area contributed by atoms with Gasteiger partial charge >= 0.3 is 0 Å². The van der Waals surface area contributed by atoms with Crippen molar-refractivity contribution in [3.8, 4) is 0 Å². The maximum absolute atomic E-state index is 11.6. The molecule has 0 saturated carbocycles. The zero-order valence-electron chi connectivity index (χ0n) is 11.8. The summed E-state index contributed by atoms with van der Waals surface area (Å²) in [6, 6.07) is 0.326. The van der Waals surface area contributed by atoms with Gasteiger partial charge in [0.25, 0.3) is 11.7 Å². The number of aromatic nitrogens is 2. The standard InChI is InChI=1S/C13H22N4O3/c1-10-15-12(16-20-10)13(19)14-6-2-3-7-17-8-4-5-11(17)9-18/h11,18H,2-9H2,1H3,(H,14,19). The molecular formula is C13H22N4O3. The van der Waals surface area contributed by atoms with Crippen LogP contribution in [0.25, 0.3) is 0 Å². The maximum Gasteiger partial charge on any atom is 0.292 e. The minimum Gasteiger partial charge on any atom is -0.395 e. The summed E-state index contributed by atoms with van der Waals surface area (Å²) in [6.07, 6.45) is 4.16. The molecule has 20 heavy (non-hydrogen) atoms. The normalized spacial score (nSPS) is 19.4. The first-order chi connectivity index (χ1) is 9.70. The molecule has 1 saturated heterocycles. The Morgan fingerprint density at radius 2 is 2.40 bits per heavy atom. The van der Waals surface area contributed by atoms with Gasteiger partial charge in [0.15, 0.2) is 0 Å². The Morgan fingerprint density at radius 3 is 3.10 bits per heavy atom. The van der Waals surface area contributed by atoms with Crippen molar-refractivity contribution in [3.63, 3.8) is 0 Å². The van der Waals surface area contributed by atoms with Gasteiger partial charge in [0.1, 0.15) is 0 Å². The van der Waals surface area contributed by atoms with Crippen LogP contribution in [0.4, 0.5) is 0 Å². The molecule has 1 aromatic heterocycles. The number of aliphatic hydroxyl groups excluding tert-OH is 1. The number of carbonyl (C=O) groups is 1. The molecule has 112 valence electrons. The van der Waals surface area contributed by atoms with Crippen molar-refractivity contribution >= 4 is 5.91 Å². The summed E-state index contributed by atoms with van der Waals surface area (Å²) in [5.41, 5.74) is 0. The van der Waals surface area contributed by atoms with Gasteiger partial charge in [-0.1, -0.05) is 5.16 Å². The molecule has 1 aromatic rings. The molecule has 0 spiro atoms. The van der Waals surface area contributed by atoms with Gasteiger partial charge in [0.05, 0.1) is 6.61 Å². The molecule has 2 rings (SSSR count). The molecule has 1 aliphatic rings. The number of carbonyl (C=O) groups excluding carboxylic acids is 1.